The summed E-state index contributed by atoms with van der Waals surface area (Å²) in [5.74, 6) is 0. The molecule has 0 aliphatic heterocycles. The van der Waals surface area contributed by atoms with Gasteiger partial charge in [0.2, 0.25) is 0 Å². The maximum absolute atomic E-state index is 5.20. The standard InChI is InChI=1S/C27H47NS2/c1-3-5-7-9-11-13-15-17-20-24-21-19-23-26(28-27(29)30)25(24)22-18-16-14-12-10-8-6-4-2/h19,21,23H,3-18,20,22H2,1-2H3,(H2,28,29,30). The predicted octanol–water partition coefficient (Wildman–Crippen LogP) is 9.68. The van der Waals surface area contributed by atoms with E-state index in [1.165, 1.54) is 126 Å². The number of hydrogen-bond acceptors (Lipinski definition) is 1. The van der Waals surface area contributed by atoms with Crippen molar-refractivity contribution in [2.75, 3.05) is 5.32 Å². The fourth-order valence-corrected chi connectivity index (χ4v) is 4.51. The number of rotatable bonds is 19. The summed E-state index contributed by atoms with van der Waals surface area (Å²) in [4.78, 5) is 0. The van der Waals surface area contributed by atoms with E-state index in [0.717, 1.165) is 6.42 Å². The molecule has 1 rings (SSSR count). The van der Waals surface area contributed by atoms with Gasteiger partial charge in [0.25, 0.3) is 0 Å². The number of nitrogens with one attached hydrogen (secondary N) is 1. The Morgan fingerprint density at radius 2 is 1.17 bits per heavy atom. The van der Waals surface area contributed by atoms with Crippen LogP contribution >= 0.6 is 24.8 Å². The number of benzene rings is 1. The molecule has 3 heteroatoms. The molecular weight excluding hydrogens is 402 g/mol. The van der Waals surface area contributed by atoms with E-state index in [1.54, 1.807) is 0 Å². The smallest absolute Gasteiger partial charge is 0.135 e. The van der Waals surface area contributed by atoms with Gasteiger partial charge in [0, 0.05) is 5.69 Å². The number of hydrogen-bond donors (Lipinski definition) is 2. The summed E-state index contributed by atoms with van der Waals surface area (Å²) in [6.45, 7) is 4.57. The van der Waals surface area contributed by atoms with Gasteiger partial charge in [0.15, 0.2) is 0 Å². The van der Waals surface area contributed by atoms with Crippen molar-refractivity contribution >= 4 is 34.9 Å². The van der Waals surface area contributed by atoms with E-state index >= 15 is 0 Å². The molecule has 0 saturated heterocycles. The lowest BCUT2D eigenvalue weighted by Gasteiger charge is -2.16. The average Bonchev–Trinajstić information content (AvgIpc) is 2.73. The van der Waals surface area contributed by atoms with E-state index in [1.807, 2.05) is 0 Å². The van der Waals surface area contributed by atoms with Crippen LogP contribution in [0.15, 0.2) is 18.2 Å². The first kappa shape index (κ1) is 27.5. The summed E-state index contributed by atoms with van der Waals surface area (Å²) in [6.07, 6.45) is 24.3. The van der Waals surface area contributed by atoms with E-state index in [0.29, 0.717) is 4.32 Å². The van der Waals surface area contributed by atoms with Crippen LogP contribution in [0.5, 0.6) is 0 Å². The molecule has 0 unspecified atom stereocenters. The largest absolute Gasteiger partial charge is 0.341 e. The van der Waals surface area contributed by atoms with Gasteiger partial charge in [0.05, 0.1) is 0 Å². The van der Waals surface area contributed by atoms with Gasteiger partial charge in [-0.05, 0) is 42.9 Å². The van der Waals surface area contributed by atoms with Gasteiger partial charge >= 0.3 is 0 Å². The van der Waals surface area contributed by atoms with Crippen LogP contribution < -0.4 is 5.32 Å². The molecule has 0 spiro atoms. The van der Waals surface area contributed by atoms with Crippen LogP contribution in [0.1, 0.15) is 128 Å². The first-order valence-corrected chi connectivity index (χ1v) is 13.6. The molecule has 0 heterocycles. The number of anilines is 1. The van der Waals surface area contributed by atoms with Gasteiger partial charge < -0.3 is 5.32 Å². The minimum Gasteiger partial charge on any atom is -0.341 e. The first-order valence-electron chi connectivity index (χ1n) is 12.8. The Hall–Kier alpha value is -0.540. The predicted molar refractivity (Wildman–Crippen MR) is 144 cm³/mol. The van der Waals surface area contributed by atoms with Crippen molar-refractivity contribution in [2.45, 2.75) is 129 Å². The first-order chi connectivity index (χ1) is 14.7. The van der Waals surface area contributed by atoms with Crippen molar-refractivity contribution in [3.8, 4) is 0 Å². The minimum atomic E-state index is 0.566. The van der Waals surface area contributed by atoms with E-state index in [4.69, 9.17) is 12.2 Å². The van der Waals surface area contributed by atoms with Crippen molar-refractivity contribution in [3.63, 3.8) is 0 Å². The summed E-state index contributed by atoms with van der Waals surface area (Å²) < 4.78 is 0.566. The second kappa shape index (κ2) is 19.2. The van der Waals surface area contributed by atoms with Crippen LogP contribution in [-0.4, -0.2) is 4.32 Å². The second-order valence-electron chi connectivity index (χ2n) is 8.82. The summed E-state index contributed by atoms with van der Waals surface area (Å²) in [7, 11) is 0. The summed E-state index contributed by atoms with van der Waals surface area (Å²) >= 11 is 9.51. The number of unbranched alkanes of at least 4 members (excludes halogenated alkanes) is 14. The quantitative estimate of drug-likeness (QED) is 0.124. The molecule has 1 aromatic rings. The zero-order chi connectivity index (χ0) is 21.9. The zero-order valence-electron chi connectivity index (χ0n) is 19.8. The van der Waals surface area contributed by atoms with Gasteiger partial charge in [-0.1, -0.05) is 128 Å². The Balaban J connectivity index is 2.44. The highest BCUT2D eigenvalue weighted by molar-refractivity contribution is 8.11. The molecule has 0 saturated carbocycles. The van der Waals surface area contributed by atoms with E-state index in [-0.39, 0.29) is 0 Å². The molecule has 1 aromatic carbocycles. The Labute approximate surface area is 198 Å². The normalized spacial score (nSPS) is 11.0. The Morgan fingerprint density at radius 3 is 1.67 bits per heavy atom. The molecule has 0 aliphatic carbocycles. The van der Waals surface area contributed by atoms with Crippen molar-refractivity contribution < 1.29 is 0 Å². The average molecular weight is 450 g/mol. The highest BCUT2D eigenvalue weighted by atomic mass is 32.1. The molecule has 1 N–H and O–H groups in total. The monoisotopic (exact) mass is 449 g/mol. The van der Waals surface area contributed by atoms with Gasteiger partial charge in [0.1, 0.15) is 4.32 Å². The van der Waals surface area contributed by atoms with Gasteiger partial charge in [-0.3, -0.25) is 0 Å². The van der Waals surface area contributed by atoms with Crippen molar-refractivity contribution in [1.29, 1.82) is 0 Å². The molecule has 0 bridgehead atoms. The van der Waals surface area contributed by atoms with Gasteiger partial charge in [-0.2, -0.15) is 0 Å². The topological polar surface area (TPSA) is 12.0 Å². The fourth-order valence-electron chi connectivity index (χ4n) is 4.28. The Morgan fingerprint density at radius 1 is 0.700 bits per heavy atom. The van der Waals surface area contributed by atoms with E-state index in [9.17, 15) is 0 Å². The molecule has 0 fully saturated rings. The lowest BCUT2D eigenvalue weighted by Crippen LogP contribution is -2.07. The molecule has 0 aliphatic rings. The Kier molecular flexibility index (Phi) is 17.6. The molecule has 30 heavy (non-hydrogen) atoms. The van der Waals surface area contributed by atoms with Crippen molar-refractivity contribution in [2.24, 2.45) is 0 Å². The number of thiol groups is 1. The van der Waals surface area contributed by atoms with Gasteiger partial charge in [-0.15, -0.1) is 12.6 Å². The number of thiocarbonyl (C=S) groups is 1. The summed E-state index contributed by atoms with van der Waals surface area (Å²) in [5.41, 5.74) is 4.16. The maximum atomic E-state index is 5.20. The molecule has 0 radical (unpaired) electrons. The lowest BCUT2D eigenvalue weighted by atomic mass is 9.94. The molecule has 0 amide bonds. The molecule has 172 valence electrons. The van der Waals surface area contributed by atoms with E-state index in [2.05, 4.69) is 50.0 Å². The third kappa shape index (κ3) is 13.7. The van der Waals surface area contributed by atoms with Crippen LogP contribution in [0, 0.1) is 0 Å². The summed E-state index contributed by atoms with van der Waals surface area (Å²) in [6, 6.07) is 6.67. The third-order valence-electron chi connectivity index (χ3n) is 6.09. The maximum Gasteiger partial charge on any atom is 0.135 e. The van der Waals surface area contributed by atoms with Crippen LogP contribution in [0.3, 0.4) is 0 Å². The van der Waals surface area contributed by atoms with Gasteiger partial charge in [-0.25, -0.2) is 0 Å². The highest BCUT2D eigenvalue weighted by Crippen LogP contribution is 2.25. The zero-order valence-corrected chi connectivity index (χ0v) is 21.5. The van der Waals surface area contributed by atoms with E-state index < -0.39 is 0 Å². The third-order valence-corrected chi connectivity index (χ3v) is 6.31. The van der Waals surface area contributed by atoms with Crippen LogP contribution in [-0.2, 0) is 12.8 Å². The second-order valence-corrected chi connectivity index (χ2v) is 9.98. The van der Waals surface area contributed by atoms with Crippen molar-refractivity contribution in [1.82, 2.24) is 0 Å². The van der Waals surface area contributed by atoms with Crippen LogP contribution in [0.4, 0.5) is 5.69 Å². The summed E-state index contributed by atoms with van der Waals surface area (Å²) in [5, 5.41) is 3.31. The molecule has 1 nitrogen and oxygen atoms in total. The SMILES string of the molecule is CCCCCCCCCCc1cccc(NC(=S)S)c1CCCCCCCCCC. The molecule has 0 aromatic heterocycles. The molecular formula is C27H47NS2. The van der Waals surface area contributed by atoms with Crippen LogP contribution in [0.2, 0.25) is 0 Å². The minimum absolute atomic E-state index is 0.566. The lowest BCUT2D eigenvalue weighted by molar-refractivity contribution is 0.571. The Bertz CT molecular complexity index is 556. The van der Waals surface area contributed by atoms with Crippen molar-refractivity contribution in [3.05, 3.63) is 29.3 Å². The van der Waals surface area contributed by atoms with Crippen LogP contribution in [0.25, 0.3) is 0 Å². The number of aryl methyl sites for hydroxylation is 1. The molecule has 0 atom stereocenters. The highest BCUT2D eigenvalue weighted by Gasteiger charge is 2.09. The fraction of sp³-hybridized carbons (Fsp3) is 0.741.